The Kier molecular flexibility index (Phi) is 10.9. The number of nitrogens with zero attached hydrogens (tertiary/aromatic N) is 4. The van der Waals surface area contributed by atoms with E-state index in [1.807, 2.05) is 6.20 Å². The van der Waals surface area contributed by atoms with Crippen LogP contribution in [0.15, 0.2) is 176 Å². The first-order valence-electron chi connectivity index (χ1n) is 24.1. The summed E-state index contributed by atoms with van der Waals surface area (Å²) in [7, 11) is 0. The minimum atomic E-state index is -0.196. The quantitative estimate of drug-likeness (QED) is 0.152. The number of benzene rings is 7. The molecule has 0 unspecified atom stereocenters. The van der Waals surface area contributed by atoms with Crippen LogP contribution in [0.3, 0.4) is 0 Å². The second-order valence-corrected chi connectivity index (χ2v) is 22.3. The predicted molar refractivity (Wildman–Crippen MR) is 287 cm³/mol. The number of hydrogen-bond donors (Lipinski definition) is 0. The molecule has 1 aliphatic rings. The molecule has 5 heteroatoms. The molecule has 5 nitrogen and oxygen atoms in total. The average Bonchev–Trinajstić information content (AvgIpc) is 3.86. The molecule has 10 rings (SSSR count). The second-order valence-electron chi connectivity index (χ2n) is 22.3. The summed E-state index contributed by atoms with van der Waals surface area (Å²) in [5.41, 5.74) is 15.1. The fourth-order valence-electron chi connectivity index (χ4n) is 9.75. The Morgan fingerprint density at radius 1 is 0.412 bits per heavy atom. The van der Waals surface area contributed by atoms with E-state index < -0.39 is 0 Å². The van der Waals surface area contributed by atoms with Crippen molar-refractivity contribution in [2.24, 2.45) is 0 Å². The van der Waals surface area contributed by atoms with Crippen LogP contribution in [0.1, 0.15) is 104 Å². The second kappa shape index (κ2) is 16.6. The SMILES string of the molecule is CC(C)(C)c1cccc(N2CN(c3cc(Oc4ccc5c6cc(-c7ccccc7)ccc6n(-c6cc(C(C)(C)C)ccn6)c5c4)cc(C(C)(C)C)c3)c3ccc(C(C)(C)c4ccccc4)cc32)c1. The van der Waals surface area contributed by atoms with E-state index in [9.17, 15) is 0 Å². The Morgan fingerprint density at radius 2 is 1.07 bits per heavy atom. The van der Waals surface area contributed by atoms with Crippen molar-refractivity contribution in [1.29, 1.82) is 0 Å². The van der Waals surface area contributed by atoms with E-state index in [2.05, 4.69) is 260 Å². The predicted octanol–water partition coefficient (Wildman–Crippen LogP) is 17.1. The van der Waals surface area contributed by atoms with Crippen LogP contribution in [0.4, 0.5) is 22.7 Å². The summed E-state index contributed by atoms with van der Waals surface area (Å²) in [6.45, 7) is 25.8. The molecule has 0 atom stereocenters. The van der Waals surface area contributed by atoms with Gasteiger partial charge in [-0.15, -0.1) is 0 Å². The van der Waals surface area contributed by atoms with Crippen molar-refractivity contribution in [3.05, 3.63) is 204 Å². The molecule has 9 aromatic rings. The van der Waals surface area contributed by atoms with Crippen LogP contribution >= 0.6 is 0 Å². The van der Waals surface area contributed by atoms with E-state index in [1.54, 1.807) is 0 Å². The average molecular weight is 893 g/mol. The van der Waals surface area contributed by atoms with Gasteiger partial charge in [0.15, 0.2) is 0 Å². The first-order valence-corrected chi connectivity index (χ1v) is 24.1. The summed E-state index contributed by atoms with van der Waals surface area (Å²) < 4.78 is 9.37. The van der Waals surface area contributed by atoms with Crippen molar-refractivity contribution in [2.45, 2.75) is 97.8 Å². The van der Waals surface area contributed by atoms with Crippen molar-refractivity contribution in [3.8, 4) is 28.4 Å². The van der Waals surface area contributed by atoms with Gasteiger partial charge in [0.05, 0.1) is 22.4 Å². The van der Waals surface area contributed by atoms with E-state index in [4.69, 9.17) is 9.72 Å². The van der Waals surface area contributed by atoms with Crippen molar-refractivity contribution in [3.63, 3.8) is 0 Å². The third-order valence-electron chi connectivity index (χ3n) is 14.1. The highest BCUT2D eigenvalue weighted by Crippen LogP contribution is 2.49. The standard InChI is InChI=1S/C63H64N4O/c1-60(2,3)45-23-18-24-49(34-45)65-41-66(56-30-26-47(37-58(56)65)63(10,11)44-21-16-13-17-22-44)50-35-48(62(7,8)9)36-52(39-50)68-51-27-28-53-54-33-43(42-19-14-12-15-20-42)25-29-55(54)67(57(53)40-51)59-38-46(31-32-64-59)61(4,5)6/h12-40H,41H2,1-11H3. The third kappa shape index (κ3) is 8.33. The van der Waals surface area contributed by atoms with Crippen molar-refractivity contribution in [1.82, 2.24) is 9.55 Å². The molecule has 0 saturated carbocycles. The zero-order valence-corrected chi connectivity index (χ0v) is 41.6. The Labute approximate surface area is 403 Å². The van der Waals surface area contributed by atoms with Crippen molar-refractivity contribution >= 4 is 44.6 Å². The zero-order valence-electron chi connectivity index (χ0n) is 41.6. The van der Waals surface area contributed by atoms with E-state index >= 15 is 0 Å². The number of anilines is 4. The Bertz CT molecular complexity index is 3320. The highest BCUT2D eigenvalue weighted by Gasteiger charge is 2.33. The van der Waals surface area contributed by atoms with Gasteiger partial charge >= 0.3 is 0 Å². The summed E-state index contributed by atoms with van der Waals surface area (Å²) in [5.74, 6) is 2.45. The fourth-order valence-corrected chi connectivity index (χ4v) is 9.75. The van der Waals surface area contributed by atoms with Crippen LogP contribution in [0.25, 0.3) is 38.8 Å². The molecular weight excluding hydrogens is 829 g/mol. The van der Waals surface area contributed by atoms with E-state index in [0.717, 1.165) is 39.4 Å². The van der Waals surface area contributed by atoms with Crippen LogP contribution < -0.4 is 14.5 Å². The van der Waals surface area contributed by atoms with Crippen LogP contribution in [0, 0.1) is 0 Å². The Morgan fingerprint density at radius 3 is 1.79 bits per heavy atom. The number of hydrogen-bond acceptors (Lipinski definition) is 4. The number of rotatable bonds is 8. The van der Waals surface area contributed by atoms with Gasteiger partial charge in [-0.2, -0.15) is 0 Å². The molecule has 2 aromatic heterocycles. The molecule has 0 saturated heterocycles. The van der Waals surface area contributed by atoms with Gasteiger partial charge in [0, 0.05) is 45.9 Å². The first kappa shape index (κ1) is 44.7. The van der Waals surface area contributed by atoms with Gasteiger partial charge < -0.3 is 14.5 Å². The molecule has 0 aliphatic carbocycles. The van der Waals surface area contributed by atoms with Crippen LogP contribution in [-0.2, 0) is 21.7 Å². The molecule has 0 fully saturated rings. The number of ether oxygens (including phenoxy) is 1. The van der Waals surface area contributed by atoms with Crippen molar-refractivity contribution < 1.29 is 4.74 Å². The fraction of sp³-hybridized carbons (Fsp3) is 0.254. The van der Waals surface area contributed by atoms with E-state index in [0.29, 0.717) is 6.67 Å². The topological polar surface area (TPSA) is 33.5 Å². The summed E-state index contributed by atoms with van der Waals surface area (Å²) in [6.07, 6.45) is 1.94. The lowest BCUT2D eigenvalue weighted by molar-refractivity contribution is 0.479. The summed E-state index contributed by atoms with van der Waals surface area (Å²) in [4.78, 5) is 9.94. The van der Waals surface area contributed by atoms with Crippen LogP contribution in [0.5, 0.6) is 11.5 Å². The molecule has 3 heterocycles. The smallest absolute Gasteiger partial charge is 0.137 e. The van der Waals surface area contributed by atoms with Gasteiger partial charge in [-0.25, -0.2) is 4.98 Å². The number of fused-ring (bicyclic) bond motifs is 4. The maximum absolute atomic E-state index is 7.07. The minimum absolute atomic E-state index is 0.0120. The molecule has 0 N–H and O–H groups in total. The maximum atomic E-state index is 7.07. The van der Waals surface area contributed by atoms with Gasteiger partial charge in [0.1, 0.15) is 24.0 Å². The van der Waals surface area contributed by atoms with Crippen LogP contribution in [0.2, 0.25) is 0 Å². The molecule has 0 amide bonds. The molecule has 0 spiro atoms. The summed E-state index contributed by atoms with van der Waals surface area (Å²) in [6, 6.07) is 62.1. The molecule has 7 aromatic carbocycles. The molecule has 1 aliphatic heterocycles. The Balaban J connectivity index is 1.09. The van der Waals surface area contributed by atoms with Gasteiger partial charge in [0.2, 0.25) is 0 Å². The summed E-state index contributed by atoms with van der Waals surface area (Å²) in [5, 5.41) is 2.32. The lowest BCUT2D eigenvalue weighted by Gasteiger charge is -2.28. The maximum Gasteiger partial charge on any atom is 0.137 e. The lowest BCUT2D eigenvalue weighted by atomic mass is 9.78. The van der Waals surface area contributed by atoms with Gasteiger partial charge in [-0.1, -0.05) is 161 Å². The highest BCUT2D eigenvalue weighted by molar-refractivity contribution is 6.10. The summed E-state index contributed by atoms with van der Waals surface area (Å²) >= 11 is 0. The minimum Gasteiger partial charge on any atom is -0.457 e. The normalized spacial score (nSPS) is 13.4. The van der Waals surface area contributed by atoms with Gasteiger partial charge in [-0.05, 0) is 128 Å². The van der Waals surface area contributed by atoms with Crippen LogP contribution in [-0.4, -0.2) is 16.2 Å². The third-order valence-corrected chi connectivity index (χ3v) is 14.1. The van der Waals surface area contributed by atoms with E-state index in [-0.39, 0.29) is 21.7 Å². The highest BCUT2D eigenvalue weighted by atomic mass is 16.5. The first-order chi connectivity index (χ1) is 32.3. The molecular formula is C63H64N4O. The van der Waals surface area contributed by atoms with E-state index in [1.165, 1.54) is 61.4 Å². The number of pyridine rings is 1. The monoisotopic (exact) mass is 893 g/mol. The van der Waals surface area contributed by atoms with Gasteiger partial charge in [0.25, 0.3) is 0 Å². The molecule has 68 heavy (non-hydrogen) atoms. The Hall–Kier alpha value is -7.11. The molecule has 0 radical (unpaired) electrons. The molecule has 342 valence electrons. The lowest BCUT2D eigenvalue weighted by Crippen LogP contribution is -2.25. The van der Waals surface area contributed by atoms with Gasteiger partial charge in [-0.3, -0.25) is 4.57 Å². The zero-order chi connectivity index (χ0) is 47.8. The van der Waals surface area contributed by atoms with Crippen molar-refractivity contribution in [2.75, 3.05) is 16.5 Å². The largest absolute Gasteiger partial charge is 0.457 e. The number of aromatic nitrogens is 2. The molecule has 0 bridgehead atoms.